The molecule has 2 heterocycles. The third-order valence-corrected chi connectivity index (χ3v) is 1.49. The van der Waals surface area contributed by atoms with Gasteiger partial charge in [0.2, 0.25) is 11.6 Å². The van der Waals surface area contributed by atoms with Crippen LogP contribution in [-0.4, -0.2) is 15.3 Å². The molecule has 0 aliphatic rings. The number of thiocarbonyl (C=S) groups is 1. The van der Waals surface area contributed by atoms with Crippen LogP contribution in [0.25, 0.3) is 11.2 Å². The molecule has 0 aliphatic heterocycles. The van der Waals surface area contributed by atoms with Gasteiger partial charge < -0.3 is 4.42 Å². The van der Waals surface area contributed by atoms with Crippen LogP contribution in [0.1, 0.15) is 5.89 Å². The summed E-state index contributed by atoms with van der Waals surface area (Å²) in [5.74, 6) is 0.439. The maximum absolute atomic E-state index is 5.14. The molecule has 11 heavy (non-hydrogen) atoms. The van der Waals surface area contributed by atoms with Crippen LogP contribution in [0.15, 0.2) is 22.7 Å². The normalized spacial score (nSPS) is 10.2. The molecule has 54 valence electrons. The van der Waals surface area contributed by atoms with Gasteiger partial charge in [-0.1, -0.05) is 12.2 Å². The molecule has 0 saturated carbocycles. The van der Waals surface area contributed by atoms with E-state index in [1.54, 1.807) is 12.3 Å². The summed E-state index contributed by atoms with van der Waals surface area (Å²) in [5.41, 5.74) is 1.27. The van der Waals surface area contributed by atoms with Gasteiger partial charge in [0.15, 0.2) is 0 Å². The zero-order valence-electron chi connectivity index (χ0n) is 5.52. The number of oxazole rings is 1. The Balaban J connectivity index is 2.78. The Labute approximate surface area is 68.1 Å². The Hall–Kier alpha value is -1.29. The third-order valence-electron chi connectivity index (χ3n) is 1.28. The molecule has 0 aromatic carbocycles. The highest BCUT2D eigenvalue weighted by atomic mass is 32.1. The fourth-order valence-electron chi connectivity index (χ4n) is 0.837. The number of aromatic nitrogens is 2. The van der Waals surface area contributed by atoms with E-state index >= 15 is 0 Å². The van der Waals surface area contributed by atoms with Crippen molar-refractivity contribution in [1.82, 2.24) is 9.97 Å². The van der Waals surface area contributed by atoms with E-state index in [-0.39, 0.29) is 0 Å². The van der Waals surface area contributed by atoms with Crippen molar-refractivity contribution in [3.63, 3.8) is 0 Å². The minimum absolute atomic E-state index is 0.439. The Kier molecular flexibility index (Phi) is 1.40. The Morgan fingerprint density at radius 3 is 3.18 bits per heavy atom. The molecule has 4 heteroatoms. The molecule has 0 radical (unpaired) electrons. The van der Waals surface area contributed by atoms with Crippen molar-refractivity contribution >= 4 is 28.8 Å². The minimum atomic E-state index is 0.439. The molecule has 2 rings (SSSR count). The Bertz CT molecular complexity index is 363. The molecule has 0 bridgehead atoms. The summed E-state index contributed by atoms with van der Waals surface area (Å²) >= 11 is 4.65. The van der Waals surface area contributed by atoms with Gasteiger partial charge in [0.1, 0.15) is 5.52 Å². The average Bonchev–Trinajstić information content (AvgIpc) is 2.46. The first-order chi connectivity index (χ1) is 5.40. The van der Waals surface area contributed by atoms with Crippen LogP contribution in [0.4, 0.5) is 0 Å². The second kappa shape index (κ2) is 2.39. The van der Waals surface area contributed by atoms with Crippen LogP contribution in [0.5, 0.6) is 0 Å². The number of pyridine rings is 1. The summed E-state index contributed by atoms with van der Waals surface area (Å²) in [4.78, 5) is 8.00. The summed E-state index contributed by atoms with van der Waals surface area (Å²) in [6.07, 6.45) is 1.65. The van der Waals surface area contributed by atoms with Crippen molar-refractivity contribution in [2.24, 2.45) is 0 Å². The number of hydrogen-bond acceptors (Lipinski definition) is 4. The molecular formula is C7H4N2OS. The van der Waals surface area contributed by atoms with E-state index in [9.17, 15) is 0 Å². The summed E-state index contributed by atoms with van der Waals surface area (Å²) in [7, 11) is 0. The van der Waals surface area contributed by atoms with E-state index in [1.165, 1.54) is 5.37 Å². The van der Waals surface area contributed by atoms with Crippen LogP contribution in [0.2, 0.25) is 0 Å². The molecule has 0 aliphatic carbocycles. The predicted molar refractivity (Wildman–Crippen MR) is 44.6 cm³/mol. The summed E-state index contributed by atoms with van der Waals surface area (Å²) in [5, 5.41) is 1.39. The summed E-state index contributed by atoms with van der Waals surface area (Å²) in [6.45, 7) is 0. The standard InChI is InChI=1S/C7H4N2OS/c11-4-6-9-5-2-1-3-8-7(5)10-6/h1-4H. The fraction of sp³-hybridized carbons (Fsp3) is 0. The SMILES string of the molecule is S=Cc1nc2cccnc2o1. The van der Waals surface area contributed by atoms with Crippen LogP contribution in [0, 0.1) is 0 Å². The molecule has 2 aromatic rings. The number of nitrogens with zero attached hydrogens (tertiary/aromatic N) is 2. The van der Waals surface area contributed by atoms with Gasteiger partial charge in [0.25, 0.3) is 0 Å². The molecule has 0 saturated heterocycles. The molecule has 0 N–H and O–H groups in total. The Morgan fingerprint density at radius 2 is 2.45 bits per heavy atom. The lowest BCUT2D eigenvalue weighted by Crippen LogP contribution is -1.72. The minimum Gasteiger partial charge on any atom is -0.417 e. The summed E-state index contributed by atoms with van der Waals surface area (Å²) < 4.78 is 5.14. The van der Waals surface area contributed by atoms with Crippen LogP contribution < -0.4 is 0 Å². The van der Waals surface area contributed by atoms with Gasteiger partial charge in [-0.15, -0.1) is 0 Å². The first-order valence-electron chi connectivity index (χ1n) is 3.07. The van der Waals surface area contributed by atoms with E-state index in [4.69, 9.17) is 4.42 Å². The van der Waals surface area contributed by atoms with Gasteiger partial charge in [0.05, 0.1) is 5.37 Å². The topological polar surface area (TPSA) is 38.9 Å². The van der Waals surface area contributed by atoms with E-state index in [2.05, 4.69) is 22.2 Å². The maximum Gasteiger partial charge on any atom is 0.247 e. The van der Waals surface area contributed by atoms with Crippen LogP contribution >= 0.6 is 12.2 Å². The first kappa shape index (κ1) is 6.42. The number of rotatable bonds is 1. The molecule has 0 amide bonds. The van der Waals surface area contributed by atoms with Crippen LogP contribution in [0.3, 0.4) is 0 Å². The van der Waals surface area contributed by atoms with Gasteiger partial charge in [-0.3, -0.25) is 0 Å². The van der Waals surface area contributed by atoms with Gasteiger partial charge in [-0.2, -0.15) is 0 Å². The van der Waals surface area contributed by atoms with E-state index in [0.29, 0.717) is 11.6 Å². The van der Waals surface area contributed by atoms with Gasteiger partial charge in [-0.25, -0.2) is 9.97 Å². The van der Waals surface area contributed by atoms with Gasteiger partial charge >= 0.3 is 0 Å². The molecule has 0 unspecified atom stereocenters. The van der Waals surface area contributed by atoms with Crippen LogP contribution in [-0.2, 0) is 0 Å². The monoisotopic (exact) mass is 164 g/mol. The smallest absolute Gasteiger partial charge is 0.247 e. The van der Waals surface area contributed by atoms with Gasteiger partial charge in [0, 0.05) is 6.20 Å². The molecule has 0 atom stereocenters. The van der Waals surface area contributed by atoms with Crippen molar-refractivity contribution in [3.8, 4) is 0 Å². The van der Waals surface area contributed by atoms with E-state index < -0.39 is 0 Å². The number of fused-ring (bicyclic) bond motifs is 1. The van der Waals surface area contributed by atoms with E-state index in [0.717, 1.165) is 5.52 Å². The third kappa shape index (κ3) is 1.01. The lowest BCUT2D eigenvalue weighted by molar-refractivity contribution is 0.584. The average molecular weight is 164 g/mol. The molecule has 3 nitrogen and oxygen atoms in total. The fourth-order valence-corrected chi connectivity index (χ4v) is 0.938. The highest BCUT2D eigenvalue weighted by Crippen LogP contribution is 2.09. The van der Waals surface area contributed by atoms with Crippen molar-refractivity contribution in [2.75, 3.05) is 0 Å². The van der Waals surface area contributed by atoms with Gasteiger partial charge in [-0.05, 0) is 12.1 Å². The zero-order valence-corrected chi connectivity index (χ0v) is 6.34. The zero-order chi connectivity index (χ0) is 7.68. The van der Waals surface area contributed by atoms with Crippen molar-refractivity contribution in [1.29, 1.82) is 0 Å². The molecule has 0 spiro atoms. The predicted octanol–water partition coefficient (Wildman–Crippen LogP) is 1.57. The molecule has 0 fully saturated rings. The lowest BCUT2D eigenvalue weighted by Gasteiger charge is -1.78. The second-order valence-corrected chi connectivity index (χ2v) is 2.23. The second-order valence-electron chi connectivity index (χ2n) is 2.00. The number of hydrogen-bond donors (Lipinski definition) is 0. The largest absolute Gasteiger partial charge is 0.417 e. The molecular weight excluding hydrogens is 160 g/mol. The lowest BCUT2D eigenvalue weighted by atomic mass is 10.4. The Morgan fingerprint density at radius 1 is 1.55 bits per heavy atom. The quantitative estimate of drug-likeness (QED) is 0.600. The maximum atomic E-state index is 5.14. The summed E-state index contributed by atoms with van der Waals surface area (Å²) in [6, 6.07) is 3.63. The van der Waals surface area contributed by atoms with Crippen molar-refractivity contribution < 1.29 is 4.42 Å². The first-order valence-corrected chi connectivity index (χ1v) is 3.54. The molecule has 2 aromatic heterocycles. The van der Waals surface area contributed by atoms with E-state index in [1.807, 2.05) is 6.07 Å². The highest BCUT2D eigenvalue weighted by Gasteiger charge is 2.01. The van der Waals surface area contributed by atoms with Crippen molar-refractivity contribution in [3.05, 3.63) is 24.2 Å². The van der Waals surface area contributed by atoms with Crippen molar-refractivity contribution in [2.45, 2.75) is 0 Å². The highest BCUT2D eigenvalue weighted by molar-refractivity contribution is 7.79.